The third-order valence-corrected chi connectivity index (χ3v) is 8.88. The van der Waals surface area contributed by atoms with Gasteiger partial charge in [0.25, 0.3) is 5.91 Å². The first-order valence-electron chi connectivity index (χ1n) is 13.2. The van der Waals surface area contributed by atoms with Crippen LogP contribution in [0.25, 0.3) is 10.2 Å². The minimum atomic E-state index is -4.43. The van der Waals surface area contributed by atoms with Crippen LogP contribution < -0.4 is 14.8 Å². The first kappa shape index (κ1) is 26.3. The van der Waals surface area contributed by atoms with Crippen LogP contribution in [0.5, 0.6) is 11.5 Å². The molecular weight excluding hydrogens is 531 g/mol. The molecule has 0 spiro atoms. The maximum absolute atomic E-state index is 13.5. The lowest BCUT2D eigenvalue weighted by atomic mass is 9.81. The van der Waals surface area contributed by atoms with Crippen LogP contribution in [-0.4, -0.2) is 60.3 Å². The number of benzene rings is 2. The fourth-order valence-corrected chi connectivity index (χ4v) is 6.94. The number of alkyl halides is 3. The summed E-state index contributed by atoms with van der Waals surface area (Å²) in [5.74, 6) is 0.933. The molecule has 3 aliphatic heterocycles. The Bertz CT molecular complexity index is 1350. The molecule has 3 aromatic rings. The van der Waals surface area contributed by atoms with E-state index < -0.39 is 11.7 Å². The number of thiazole rings is 1. The van der Waals surface area contributed by atoms with Gasteiger partial charge in [-0.05, 0) is 56.0 Å². The van der Waals surface area contributed by atoms with Gasteiger partial charge in [-0.15, -0.1) is 11.3 Å². The molecule has 0 radical (unpaired) electrons. The Labute approximate surface area is 228 Å². The number of amides is 1. The number of carbonyl (C=O) groups excluding carboxylic acids is 1. The molecule has 1 aromatic heterocycles. The predicted octanol–water partition coefficient (Wildman–Crippen LogP) is 5.42. The number of hydrogen-bond acceptors (Lipinski definition) is 7. The summed E-state index contributed by atoms with van der Waals surface area (Å²) in [7, 11) is 1.55. The van der Waals surface area contributed by atoms with E-state index in [9.17, 15) is 18.0 Å². The van der Waals surface area contributed by atoms with Crippen molar-refractivity contribution in [3.05, 3.63) is 52.5 Å². The molecule has 39 heavy (non-hydrogen) atoms. The zero-order chi connectivity index (χ0) is 27.1. The van der Waals surface area contributed by atoms with Gasteiger partial charge in [0.15, 0.2) is 11.5 Å². The molecule has 1 N–H and O–H groups in total. The van der Waals surface area contributed by atoms with E-state index in [-0.39, 0.29) is 35.7 Å². The molecule has 3 saturated heterocycles. The number of nitrogens with zero attached hydrogens (tertiary/aromatic N) is 2. The van der Waals surface area contributed by atoms with Crippen molar-refractivity contribution in [3.8, 4) is 11.5 Å². The number of para-hydroxylation sites is 1. The lowest BCUT2D eigenvalue weighted by molar-refractivity contribution is -0.136. The second-order valence-electron chi connectivity index (χ2n) is 10.5. The minimum absolute atomic E-state index is 0.00220. The number of methoxy groups -OCH3 is 1. The Morgan fingerprint density at radius 2 is 1.92 bits per heavy atom. The van der Waals surface area contributed by atoms with Gasteiger partial charge in [-0.1, -0.05) is 12.5 Å². The largest absolute Gasteiger partial charge is 0.493 e. The van der Waals surface area contributed by atoms with Crippen molar-refractivity contribution in [2.75, 3.05) is 20.3 Å². The SMILES string of the molecule is COc1cc(C(=O)NC2CC3CCCC(C2)N3Cc2nc3c(C(F)(F)F)cccc3s2)ccc1OC1COC1. The Balaban J connectivity index is 1.12. The van der Waals surface area contributed by atoms with Crippen LogP contribution in [0.3, 0.4) is 0 Å². The van der Waals surface area contributed by atoms with E-state index >= 15 is 0 Å². The van der Waals surface area contributed by atoms with Gasteiger partial charge < -0.3 is 19.5 Å². The number of ether oxygens (including phenoxy) is 3. The van der Waals surface area contributed by atoms with Crippen molar-refractivity contribution < 1.29 is 32.2 Å². The Morgan fingerprint density at radius 3 is 2.59 bits per heavy atom. The topological polar surface area (TPSA) is 72.9 Å². The highest BCUT2D eigenvalue weighted by Crippen LogP contribution is 2.39. The Morgan fingerprint density at radius 1 is 1.15 bits per heavy atom. The first-order chi connectivity index (χ1) is 18.8. The van der Waals surface area contributed by atoms with Gasteiger partial charge in [0, 0.05) is 23.7 Å². The molecule has 0 aliphatic carbocycles. The summed E-state index contributed by atoms with van der Waals surface area (Å²) < 4.78 is 57.5. The summed E-state index contributed by atoms with van der Waals surface area (Å²) in [6.07, 6.45) is 0.244. The van der Waals surface area contributed by atoms with E-state index in [0.29, 0.717) is 46.5 Å². The zero-order valence-corrected chi connectivity index (χ0v) is 22.3. The minimum Gasteiger partial charge on any atom is -0.493 e. The molecule has 1 amide bonds. The van der Waals surface area contributed by atoms with Gasteiger partial charge in [0.1, 0.15) is 11.1 Å². The predicted molar refractivity (Wildman–Crippen MR) is 140 cm³/mol. The van der Waals surface area contributed by atoms with E-state index in [0.717, 1.165) is 38.2 Å². The van der Waals surface area contributed by atoms with E-state index in [1.54, 1.807) is 31.4 Å². The van der Waals surface area contributed by atoms with Crippen LogP contribution in [0.1, 0.15) is 53.0 Å². The number of fused-ring (bicyclic) bond motifs is 3. The molecule has 2 unspecified atom stereocenters. The number of aromatic nitrogens is 1. The van der Waals surface area contributed by atoms with Crippen molar-refractivity contribution in [3.63, 3.8) is 0 Å². The monoisotopic (exact) mass is 561 g/mol. The van der Waals surface area contributed by atoms with Crippen molar-refractivity contribution in [1.29, 1.82) is 0 Å². The van der Waals surface area contributed by atoms with Gasteiger partial charge in [-0.25, -0.2) is 4.98 Å². The number of carbonyl (C=O) groups is 1. The maximum atomic E-state index is 13.5. The highest BCUT2D eigenvalue weighted by molar-refractivity contribution is 7.18. The molecule has 7 nitrogen and oxygen atoms in total. The van der Waals surface area contributed by atoms with Crippen LogP contribution in [0, 0.1) is 0 Å². The quantitative estimate of drug-likeness (QED) is 0.416. The number of piperidine rings is 2. The zero-order valence-electron chi connectivity index (χ0n) is 21.5. The molecule has 4 heterocycles. The second-order valence-corrected chi connectivity index (χ2v) is 11.6. The summed E-state index contributed by atoms with van der Waals surface area (Å²) in [6.45, 7) is 1.61. The van der Waals surface area contributed by atoms with Crippen LogP contribution in [0.15, 0.2) is 36.4 Å². The van der Waals surface area contributed by atoms with E-state index in [2.05, 4.69) is 15.2 Å². The van der Waals surface area contributed by atoms with E-state index in [1.807, 2.05) is 0 Å². The van der Waals surface area contributed by atoms with Crippen LogP contribution in [-0.2, 0) is 17.5 Å². The van der Waals surface area contributed by atoms with Crippen LogP contribution in [0.2, 0.25) is 0 Å². The Kier molecular flexibility index (Phi) is 7.15. The highest BCUT2D eigenvalue weighted by atomic mass is 32.1. The van der Waals surface area contributed by atoms with Crippen molar-refractivity contribution in [2.45, 2.75) is 69.1 Å². The number of halogens is 3. The summed E-state index contributed by atoms with van der Waals surface area (Å²) in [4.78, 5) is 19.9. The van der Waals surface area contributed by atoms with Crippen molar-refractivity contribution in [1.82, 2.24) is 15.2 Å². The fraction of sp³-hybridized carbons (Fsp3) is 0.500. The van der Waals surface area contributed by atoms with E-state index in [4.69, 9.17) is 14.2 Å². The number of rotatable bonds is 7. The summed E-state index contributed by atoms with van der Waals surface area (Å²) in [5.41, 5.74) is -0.144. The van der Waals surface area contributed by atoms with E-state index in [1.165, 1.54) is 17.4 Å². The number of hydrogen-bond donors (Lipinski definition) is 1. The molecule has 11 heteroatoms. The van der Waals surface area contributed by atoms with Gasteiger partial charge in [0.2, 0.25) is 0 Å². The van der Waals surface area contributed by atoms with Crippen LogP contribution >= 0.6 is 11.3 Å². The third-order valence-electron chi connectivity index (χ3n) is 7.87. The molecular formula is C28H30F3N3O4S. The molecule has 0 saturated carbocycles. The normalized spacial score (nSPS) is 23.8. The van der Waals surface area contributed by atoms with Crippen LogP contribution in [0.4, 0.5) is 13.2 Å². The summed E-state index contributed by atoms with van der Waals surface area (Å²) in [5, 5.41) is 3.91. The second kappa shape index (κ2) is 10.6. The fourth-order valence-electron chi connectivity index (χ4n) is 5.94. The summed E-state index contributed by atoms with van der Waals surface area (Å²) >= 11 is 1.33. The molecule has 3 fully saturated rings. The third kappa shape index (κ3) is 5.44. The van der Waals surface area contributed by atoms with Gasteiger partial charge >= 0.3 is 6.18 Å². The maximum Gasteiger partial charge on any atom is 0.418 e. The first-order valence-corrected chi connectivity index (χ1v) is 14.0. The lowest BCUT2D eigenvalue weighted by Gasteiger charge is -2.48. The van der Waals surface area contributed by atoms with Gasteiger partial charge in [0.05, 0.1) is 42.6 Å². The lowest BCUT2D eigenvalue weighted by Crippen LogP contribution is -2.56. The highest BCUT2D eigenvalue weighted by Gasteiger charge is 2.40. The number of nitrogens with one attached hydrogen (secondary N) is 1. The molecule has 208 valence electrons. The van der Waals surface area contributed by atoms with Gasteiger partial charge in [-0.3, -0.25) is 9.69 Å². The molecule has 2 bridgehead atoms. The van der Waals surface area contributed by atoms with Crippen molar-refractivity contribution >= 4 is 27.5 Å². The average molecular weight is 562 g/mol. The van der Waals surface area contributed by atoms with Crippen molar-refractivity contribution in [2.24, 2.45) is 0 Å². The Hall–Kier alpha value is -2.89. The standard InChI is InChI=1S/C28H30F3N3O4S/c1-36-23-10-16(8-9-22(23)38-20-14-37-15-20)27(35)32-17-11-18-4-2-5-19(12-17)34(18)13-25-33-26-21(28(29,30)31)6-3-7-24(26)39-25/h3,6-10,17-20H,2,4-5,11-15H2,1H3,(H,32,35). The molecule has 6 rings (SSSR count). The molecule has 3 aliphatic rings. The molecule has 2 atom stereocenters. The summed E-state index contributed by atoms with van der Waals surface area (Å²) in [6, 6.07) is 9.93. The molecule has 2 aromatic carbocycles. The van der Waals surface area contributed by atoms with Gasteiger partial charge in [-0.2, -0.15) is 13.2 Å². The average Bonchev–Trinajstić information content (AvgIpc) is 3.28. The smallest absolute Gasteiger partial charge is 0.418 e.